The average molecular weight is 794 g/mol. The highest BCUT2D eigenvalue weighted by Crippen LogP contribution is 2.61. The second kappa shape index (κ2) is 23.1. The molecule has 23 heteroatoms. The quantitative estimate of drug-likeness (QED) is 0.0939. The predicted molar refractivity (Wildman–Crippen MR) is 186 cm³/mol. The lowest BCUT2D eigenvalue weighted by atomic mass is 10.0. The molecule has 0 saturated carbocycles. The number of carbonyl (C=O) groups excluding carboxylic acids is 1. The molecule has 2 saturated heterocycles. The Labute approximate surface area is 302 Å². The number of amides is 1. The zero-order chi connectivity index (χ0) is 39.8. The van der Waals surface area contributed by atoms with Gasteiger partial charge in [0.2, 0.25) is 5.91 Å². The number of nitrogens with zero attached hydrogens (tertiary/aromatic N) is 3. The fourth-order valence-corrected chi connectivity index (χ4v) is 7.24. The van der Waals surface area contributed by atoms with E-state index in [1.54, 1.807) is 0 Å². The van der Waals surface area contributed by atoms with Crippen LogP contribution in [-0.2, 0) is 36.8 Å². The molecule has 0 bridgehead atoms. The molecule has 2 unspecified atom stereocenters. The minimum absolute atomic E-state index is 0.179. The maximum Gasteiger partial charge on any atom is 0.483 e. The Morgan fingerprint density at radius 3 is 1.92 bits per heavy atom. The molecule has 304 valence electrons. The number of hydrogen-bond donors (Lipinski definition) is 8. The van der Waals surface area contributed by atoms with E-state index < -0.39 is 95.1 Å². The van der Waals surface area contributed by atoms with E-state index in [4.69, 9.17) is 14.0 Å². The topological polar surface area (TPSA) is 292 Å². The van der Waals surface area contributed by atoms with Crippen molar-refractivity contribution in [1.29, 1.82) is 0 Å². The van der Waals surface area contributed by atoms with E-state index in [-0.39, 0.29) is 6.42 Å². The van der Waals surface area contributed by atoms with Crippen LogP contribution in [0.4, 0.5) is 0 Å². The van der Waals surface area contributed by atoms with Crippen molar-refractivity contribution in [2.24, 2.45) is 0 Å². The minimum atomic E-state index is -5.53. The maximum absolute atomic E-state index is 12.4. The van der Waals surface area contributed by atoms with E-state index in [0.717, 1.165) is 23.8 Å². The number of H-pyrrole nitrogens is 1. The number of aliphatic hydroxyl groups excluding tert-OH is 4. The first kappa shape index (κ1) is 48.1. The van der Waals surface area contributed by atoms with Gasteiger partial charge in [0.1, 0.15) is 24.4 Å². The van der Waals surface area contributed by atoms with Gasteiger partial charge in [0.25, 0.3) is 5.56 Å². The summed E-state index contributed by atoms with van der Waals surface area (Å²) in [5.41, 5.74) is -1.72. The van der Waals surface area contributed by atoms with Crippen molar-refractivity contribution in [1.82, 2.24) is 24.7 Å². The second-order valence-corrected chi connectivity index (χ2v) is 14.6. The Hall–Kier alpha value is -1.91. The lowest BCUT2D eigenvalue weighted by molar-refractivity contribution is -0.207. The van der Waals surface area contributed by atoms with E-state index in [0.29, 0.717) is 0 Å². The van der Waals surface area contributed by atoms with Gasteiger partial charge in [-0.3, -0.25) is 28.2 Å². The van der Waals surface area contributed by atoms with E-state index in [9.17, 15) is 53.7 Å². The van der Waals surface area contributed by atoms with Crippen LogP contribution in [0.3, 0.4) is 0 Å². The van der Waals surface area contributed by atoms with Gasteiger partial charge in [-0.25, -0.2) is 13.9 Å². The SMILES string of the molecule is CC(=O)N[C@H]1[C@@H](OP(=O)(O)OP(=O)(O)OC[C@H]2O[C@@H](n3ccc(=O)[nH]c3=O)[C@H](O)[C@@H]2O)O[C@H](CO)C[C@@H]1O.CCN(CC)CC.CCN(CC)CC. The first-order chi connectivity index (χ1) is 24.3. The molecule has 3 rings (SSSR count). The Morgan fingerprint density at radius 1 is 0.942 bits per heavy atom. The van der Waals surface area contributed by atoms with Crippen molar-refractivity contribution in [3.05, 3.63) is 33.1 Å². The molecule has 2 fully saturated rings. The number of ether oxygens (including phenoxy) is 2. The molecule has 1 aromatic rings. The van der Waals surface area contributed by atoms with Gasteiger partial charge in [0, 0.05) is 25.6 Å². The predicted octanol–water partition coefficient (Wildman–Crippen LogP) is -0.924. The molecule has 8 N–H and O–H groups in total. The fourth-order valence-electron chi connectivity index (χ4n) is 5.07. The molecule has 0 spiro atoms. The number of carbonyl (C=O) groups is 1. The zero-order valence-corrected chi connectivity index (χ0v) is 32.4. The third kappa shape index (κ3) is 15.8. The largest absolute Gasteiger partial charge is 0.483 e. The Balaban J connectivity index is 0.000000812. The number of aromatic nitrogens is 2. The molecule has 10 atom stereocenters. The van der Waals surface area contributed by atoms with Crippen molar-refractivity contribution in [3.8, 4) is 0 Å². The van der Waals surface area contributed by atoms with Gasteiger partial charge in [-0.15, -0.1) is 0 Å². The van der Waals surface area contributed by atoms with Crippen LogP contribution in [0.2, 0.25) is 0 Å². The first-order valence-corrected chi connectivity index (χ1v) is 20.0. The zero-order valence-electron chi connectivity index (χ0n) is 30.6. The van der Waals surface area contributed by atoms with Crippen LogP contribution in [0.1, 0.15) is 61.1 Å². The molecule has 3 heterocycles. The minimum Gasteiger partial charge on any atom is -0.394 e. The molecule has 1 aromatic heterocycles. The number of nitrogens with one attached hydrogen (secondary N) is 2. The number of aliphatic hydroxyl groups is 4. The normalized spacial score (nSPS) is 28.2. The van der Waals surface area contributed by atoms with E-state index in [2.05, 4.69) is 65.5 Å². The summed E-state index contributed by atoms with van der Waals surface area (Å²) in [7, 11) is -11.0. The molecule has 0 aliphatic carbocycles. The number of rotatable bonds is 16. The molecule has 0 aromatic carbocycles. The van der Waals surface area contributed by atoms with Gasteiger partial charge in [-0.2, -0.15) is 4.31 Å². The number of phosphoric acid groups is 2. The Bertz CT molecular complexity index is 1390. The van der Waals surface area contributed by atoms with Gasteiger partial charge in [-0.1, -0.05) is 41.5 Å². The van der Waals surface area contributed by atoms with Crippen LogP contribution in [0.5, 0.6) is 0 Å². The summed E-state index contributed by atoms with van der Waals surface area (Å²) >= 11 is 0. The molecule has 2 aliphatic rings. The average Bonchev–Trinajstić information content (AvgIpc) is 3.35. The fraction of sp³-hybridized carbons (Fsp3) is 0.828. The Morgan fingerprint density at radius 2 is 1.48 bits per heavy atom. The second-order valence-electron chi connectivity index (χ2n) is 11.6. The molecule has 21 nitrogen and oxygen atoms in total. The van der Waals surface area contributed by atoms with Crippen molar-refractivity contribution >= 4 is 21.6 Å². The van der Waals surface area contributed by atoms with Gasteiger partial charge >= 0.3 is 21.3 Å². The lowest BCUT2D eigenvalue weighted by Gasteiger charge is -2.39. The molecular formula is C29H57N5O16P2. The van der Waals surface area contributed by atoms with Crippen LogP contribution in [0.25, 0.3) is 0 Å². The van der Waals surface area contributed by atoms with Gasteiger partial charge < -0.3 is 54.8 Å². The molecule has 1 amide bonds. The highest BCUT2D eigenvalue weighted by atomic mass is 31.3. The molecular weight excluding hydrogens is 736 g/mol. The first-order valence-electron chi connectivity index (χ1n) is 17.0. The van der Waals surface area contributed by atoms with Crippen molar-refractivity contribution in [2.75, 3.05) is 52.5 Å². The van der Waals surface area contributed by atoms with Gasteiger partial charge in [0.15, 0.2) is 12.5 Å². The lowest BCUT2D eigenvalue weighted by Crippen LogP contribution is -2.57. The standard InChI is InChI=1S/C17H27N3O16P2.2C6H15N/c1-7(22)18-12-9(23)4-8(5-21)33-16(12)35-38(30,31)36-37(28,29)32-6-10-13(25)14(26)15(34-10)20-3-2-11(24)19-17(20)27;2*1-4-7(5-2)6-3/h2-3,8-10,12-16,21,23,25-26H,4-6H2,1H3,(H,18,22)(H,28,29)(H,30,31)(H,19,24,27);2*4-6H2,1-3H3/t8-,9-,10+,12+,13+,14+,15+,16+;;/m0../s1. The van der Waals surface area contributed by atoms with Crippen LogP contribution in [0.15, 0.2) is 21.9 Å². The monoisotopic (exact) mass is 793 g/mol. The van der Waals surface area contributed by atoms with Crippen LogP contribution >= 0.6 is 15.6 Å². The third-order valence-corrected chi connectivity index (χ3v) is 10.7. The van der Waals surface area contributed by atoms with Crippen LogP contribution < -0.4 is 16.6 Å². The highest BCUT2D eigenvalue weighted by Gasteiger charge is 2.48. The number of aromatic amines is 1. The summed E-state index contributed by atoms with van der Waals surface area (Å²) in [6.07, 6.45) is -10.2. The van der Waals surface area contributed by atoms with E-state index in [1.165, 1.54) is 39.3 Å². The smallest absolute Gasteiger partial charge is 0.394 e. The van der Waals surface area contributed by atoms with Crippen LogP contribution in [-0.4, -0.2) is 151 Å². The summed E-state index contributed by atoms with van der Waals surface area (Å²) in [5, 5.41) is 42.1. The van der Waals surface area contributed by atoms with Crippen molar-refractivity contribution in [2.45, 2.75) is 104 Å². The van der Waals surface area contributed by atoms with Crippen molar-refractivity contribution in [3.63, 3.8) is 0 Å². The Kier molecular flexibility index (Phi) is 21.4. The summed E-state index contributed by atoms with van der Waals surface area (Å²) < 4.78 is 49.5. The third-order valence-electron chi connectivity index (χ3n) is 8.10. The molecule has 0 radical (unpaired) electrons. The summed E-state index contributed by atoms with van der Waals surface area (Å²) in [5.74, 6) is -0.682. The number of phosphoric ester groups is 2. The van der Waals surface area contributed by atoms with Crippen molar-refractivity contribution < 1.29 is 67.0 Å². The summed E-state index contributed by atoms with van der Waals surface area (Å²) in [4.78, 5) is 61.1. The highest BCUT2D eigenvalue weighted by molar-refractivity contribution is 7.61. The summed E-state index contributed by atoms with van der Waals surface area (Å²) in [6.45, 7) is 19.7. The summed E-state index contributed by atoms with van der Waals surface area (Å²) in [6, 6.07) is -0.480. The molecule has 2 aliphatic heterocycles. The van der Waals surface area contributed by atoms with E-state index in [1.807, 2.05) is 4.98 Å². The van der Waals surface area contributed by atoms with Gasteiger partial charge in [0.05, 0.1) is 25.4 Å². The molecule has 52 heavy (non-hydrogen) atoms. The van der Waals surface area contributed by atoms with Gasteiger partial charge in [-0.05, 0) is 39.3 Å². The van der Waals surface area contributed by atoms with E-state index >= 15 is 0 Å². The number of hydrogen-bond acceptors (Lipinski definition) is 16. The van der Waals surface area contributed by atoms with Crippen LogP contribution in [0, 0.1) is 0 Å². The maximum atomic E-state index is 12.4.